The van der Waals surface area contributed by atoms with E-state index in [1.807, 2.05) is 6.07 Å². The molecular weight excluding hydrogens is 256 g/mol. The molecule has 0 unspecified atom stereocenters. The van der Waals surface area contributed by atoms with E-state index in [1.165, 1.54) is 16.2 Å². The van der Waals surface area contributed by atoms with E-state index in [4.69, 9.17) is 5.11 Å². The lowest BCUT2D eigenvalue weighted by molar-refractivity contribution is 0.0935. The number of hydrogen-bond acceptors (Lipinski definition) is 3. The van der Waals surface area contributed by atoms with Crippen LogP contribution in [0.5, 0.6) is 0 Å². The molecule has 0 saturated carbocycles. The van der Waals surface area contributed by atoms with Crippen molar-refractivity contribution in [3.05, 3.63) is 29.7 Å². The molecule has 1 N–H and O–H groups in total. The highest BCUT2D eigenvalue weighted by Crippen LogP contribution is 2.44. The summed E-state index contributed by atoms with van der Waals surface area (Å²) in [6, 6.07) is 4.16. The maximum Gasteiger partial charge on any atom is 0.407 e. The third kappa shape index (κ3) is 1.60. The number of likely N-dealkylation sites (tertiary alicyclic amines) is 1. The fraction of sp³-hybridized carbons (Fsp3) is 0.500. The molecule has 20 heavy (non-hydrogen) atoms. The average Bonchev–Trinajstić information content (AvgIpc) is 3.02. The average molecular weight is 272 g/mol. The number of piperidine rings is 1. The van der Waals surface area contributed by atoms with E-state index < -0.39 is 6.09 Å². The molecule has 3 heterocycles. The van der Waals surface area contributed by atoms with Gasteiger partial charge < -0.3 is 10.0 Å². The Bertz CT molecular complexity index is 686. The van der Waals surface area contributed by atoms with Gasteiger partial charge in [0.2, 0.25) is 0 Å². The minimum Gasteiger partial charge on any atom is -0.465 e. The van der Waals surface area contributed by atoms with E-state index >= 15 is 0 Å². The number of carboxylic acid groups (broad SMARTS) is 1. The largest absolute Gasteiger partial charge is 0.465 e. The van der Waals surface area contributed by atoms with Crippen molar-refractivity contribution in [3.8, 4) is 0 Å². The molecule has 104 valence electrons. The van der Waals surface area contributed by atoms with Crippen molar-refractivity contribution in [1.82, 2.24) is 19.5 Å². The zero-order chi connectivity index (χ0) is 13.7. The summed E-state index contributed by atoms with van der Waals surface area (Å²) in [4.78, 5) is 12.6. The number of carbonyl (C=O) groups is 1. The van der Waals surface area contributed by atoms with Crippen molar-refractivity contribution < 1.29 is 9.90 Å². The van der Waals surface area contributed by atoms with Crippen LogP contribution in [-0.2, 0) is 12.8 Å². The van der Waals surface area contributed by atoms with Gasteiger partial charge in [0.1, 0.15) is 6.33 Å². The van der Waals surface area contributed by atoms with Crippen LogP contribution in [0.2, 0.25) is 0 Å². The second kappa shape index (κ2) is 3.94. The summed E-state index contributed by atoms with van der Waals surface area (Å²) in [5.41, 5.74) is 3.79. The first kappa shape index (κ1) is 11.7. The molecule has 2 aromatic rings. The number of pyridine rings is 1. The second-order valence-corrected chi connectivity index (χ2v) is 5.99. The van der Waals surface area contributed by atoms with Crippen molar-refractivity contribution in [2.45, 2.75) is 25.7 Å². The van der Waals surface area contributed by atoms with Gasteiger partial charge in [0.15, 0.2) is 5.65 Å². The van der Waals surface area contributed by atoms with E-state index in [2.05, 4.69) is 20.7 Å². The van der Waals surface area contributed by atoms with Gasteiger partial charge >= 0.3 is 6.09 Å². The van der Waals surface area contributed by atoms with Crippen molar-refractivity contribution >= 4 is 11.7 Å². The normalized spacial score (nSPS) is 20.5. The van der Waals surface area contributed by atoms with Crippen LogP contribution in [0.3, 0.4) is 0 Å². The molecule has 1 saturated heterocycles. The van der Waals surface area contributed by atoms with Crippen LogP contribution < -0.4 is 0 Å². The molecule has 0 atom stereocenters. The fourth-order valence-corrected chi connectivity index (χ4v) is 3.70. The van der Waals surface area contributed by atoms with Crippen LogP contribution in [0.25, 0.3) is 5.65 Å². The summed E-state index contributed by atoms with van der Waals surface area (Å²) < 4.78 is 2.08. The molecule has 1 fully saturated rings. The van der Waals surface area contributed by atoms with E-state index in [0.717, 1.165) is 31.3 Å². The number of hydrogen-bond donors (Lipinski definition) is 1. The van der Waals surface area contributed by atoms with Gasteiger partial charge in [0.25, 0.3) is 0 Å². The van der Waals surface area contributed by atoms with Crippen LogP contribution in [0.4, 0.5) is 4.79 Å². The number of aromatic nitrogens is 3. The smallest absolute Gasteiger partial charge is 0.407 e. The maximum absolute atomic E-state index is 11.0. The first-order valence-electron chi connectivity index (χ1n) is 6.95. The summed E-state index contributed by atoms with van der Waals surface area (Å²) in [6.07, 6.45) is 4.92. The molecule has 0 bridgehead atoms. The summed E-state index contributed by atoms with van der Waals surface area (Å²) in [5.74, 6) is 0. The van der Waals surface area contributed by atoms with Crippen molar-refractivity contribution in [3.63, 3.8) is 0 Å². The third-order valence-electron chi connectivity index (χ3n) is 4.87. The molecule has 0 aromatic carbocycles. The molecule has 0 radical (unpaired) electrons. The van der Waals surface area contributed by atoms with Gasteiger partial charge in [-0.3, -0.25) is 4.40 Å². The highest BCUT2D eigenvalue weighted by atomic mass is 16.4. The van der Waals surface area contributed by atoms with E-state index in [1.54, 1.807) is 6.33 Å². The number of fused-ring (bicyclic) bond motifs is 3. The molecule has 6 heteroatoms. The van der Waals surface area contributed by atoms with Gasteiger partial charge in [-0.25, -0.2) is 4.79 Å². The molecule has 1 aliphatic heterocycles. The summed E-state index contributed by atoms with van der Waals surface area (Å²) in [5, 5.41) is 17.1. The highest BCUT2D eigenvalue weighted by molar-refractivity contribution is 5.65. The zero-order valence-corrected chi connectivity index (χ0v) is 11.1. The van der Waals surface area contributed by atoms with E-state index in [0.29, 0.717) is 13.1 Å². The fourth-order valence-electron chi connectivity index (χ4n) is 3.70. The molecule has 6 nitrogen and oxygen atoms in total. The lowest BCUT2D eigenvalue weighted by atomic mass is 9.76. The van der Waals surface area contributed by atoms with Crippen molar-refractivity contribution in [2.75, 3.05) is 13.1 Å². The quantitative estimate of drug-likeness (QED) is 0.790. The Hall–Kier alpha value is -2.11. The SMILES string of the molecule is O=C(O)N1CCC2(CC1)Cc1ccc3nncn3c1C2. The molecule has 2 aliphatic rings. The number of amides is 1. The van der Waals surface area contributed by atoms with Gasteiger partial charge in [0.05, 0.1) is 0 Å². The Morgan fingerprint density at radius 2 is 2.05 bits per heavy atom. The van der Waals surface area contributed by atoms with E-state index in [-0.39, 0.29) is 5.41 Å². The van der Waals surface area contributed by atoms with Gasteiger partial charge in [0, 0.05) is 18.8 Å². The van der Waals surface area contributed by atoms with Crippen molar-refractivity contribution in [2.24, 2.45) is 5.41 Å². The molecular formula is C14H16N4O2. The van der Waals surface area contributed by atoms with Crippen LogP contribution in [0.1, 0.15) is 24.1 Å². The Morgan fingerprint density at radius 3 is 2.80 bits per heavy atom. The zero-order valence-electron chi connectivity index (χ0n) is 11.1. The van der Waals surface area contributed by atoms with Crippen LogP contribution in [0, 0.1) is 5.41 Å². The first-order chi connectivity index (χ1) is 9.67. The minimum atomic E-state index is -0.795. The Labute approximate surface area is 116 Å². The van der Waals surface area contributed by atoms with Gasteiger partial charge in [-0.15, -0.1) is 10.2 Å². The van der Waals surface area contributed by atoms with Gasteiger partial charge in [-0.2, -0.15) is 0 Å². The molecule has 1 spiro atoms. The lowest BCUT2D eigenvalue weighted by Crippen LogP contribution is -2.43. The lowest BCUT2D eigenvalue weighted by Gasteiger charge is -2.38. The second-order valence-electron chi connectivity index (χ2n) is 5.99. The number of nitrogens with zero attached hydrogens (tertiary/aromatic N) is 4. The monoisotopic (exact) mass is 272 g/mol. The van der Waals surface area contributed by atoms with Crippen LogP contribution in [-0.4, -0.2) is 43.8 Å². The van der Waals surface area contributed by atoms with Crippen molar-refractivity contribution in [1.29, 1.82) is 0 Å². The maximum atomic E-state index is 11.0. The Morgan fingerprint density at radius 1 is 1.25 bits per heavy atom. The minimum absolute atomic E-state index is 0.229. The first-order valence-corrected chi connectivity index (χ1v) is 6.95. The van der Waals surface area contributed by atoms with E-state index in [9.17, 15) is 4.79 Å². The molecule has 1 aliphatic carbocycles. The Kier molecular flexibility index (Phi) is 2.31. The predicted octanol–water partition coefficient (Wildman–Crippen LogP) is 1.59. The topological polar surface area (TPSA) is 70.7 Å². The summed E-state index contributed by atoms with van der Waals surface area (Å²) in [6.45, 7) is 1.29. The molecule has 4 rings (SSSR count). The third-order valence-corrected chi connectivity index (χ3v) is 4.87. The van der Waals surface area contributed by atoms with Crippen LogP contribution >= 0.6 is 0 Å². The van der Waals surface area contributed by atoms with Crippen LogP contribution in [0.15, 0.2) is 18.5 Å². The standard InChI is InChI=1S/C14H16N4O2/c19-13(20)17-5-3-14(4-6-17)7-10-1-2-12-16-15-9-18(12)11(10)8-14/h1-2,9H,3-8H2,(H,19,20). The Balaban J connectivity index is 1.63. The molecule has 1 amide bonds. The summed E-state index contributed by atoms with van der Waals surface area (Å²) in [7, 11) is 0. The predicted molar refractivity (Wildman–Crippen MR) is 71.7 cm³/mol. The summed E-state index contributed by atoms with van der Waals surface area (Å²) >= 11 is 0. The van der Waals surface area contributed by atoms with Gasteiger partial charge in [-0.1, -0.05) is 6.07 Å². The van der Waals surface area contributed by atoms with Gasteiger partial charge in [-0.05, 0) is 42.7 Å². The highest BCUT2D eigenvalue weighted by Gasteiger charge is 2.41. The number of rotatable bonds is 0. The molecule has 2 aromatic heterocycles.